The first kappa shape index (κ1) is 13.0. The molecule has 0 aromatic heterocycles. The van der Waals surface area contributed by atoms with Crippen molar-refractivity contribution < 1.29 is 13.9 Å². The van der Waals surface area contributed by atoms with Crippen LogP contribution in [0.5, 0.6) is 5.75 Å². The fraction of sp³-hybridized carbons (Fsp3) is 0.333. The second-order valence-electron chi connectivity index (χ2n) is 3.45. The van der Waals surface area contributed by atoms with E-state index in [0.717, 1.165) is 6.07 Å². The van der Waals surface area contributed by atoms with Gasteiger partial charge in [-0.1, -0.05) is 0 Å². The van der Waals surface area contributed by atoms with Gasteiger partial charge < -0.3 is 9.64 Å². The smallest absolute Gasteiger partial charge is 0.260 e. The van der Waals surface area contributed by atoms with E-state index in [-0.39, 0.29) is 23.8 Å². The average molecular weight is 236 g/mol. The molecule has 4 nitrogen and oxygen atoms in total. The molecule has 1 amide bonds. The van der Waals surface area contributed by atoms with Crippen molar-refractivity contribution in [2.75, 3.05) is 20.2 Å². The van der Waals surface area contributed by atoms with Gasteiger partial charge in [-0.3, -0.25) is 4.79 Å². The third-order valence-electron chi connectivity index (χ3n) is 2.31. The third kappa shape index (κ3) is 3.45. The summed E-state index contributed by atoms with van der Waals surface area (Å²) < 4.78 is 18.4. The molecular formula is C12H13FN2O2. The average Bonchev–Trinajstić information content (AvgIpc) is 2.35. The van der Waals surface area contributed by atoms with Crippen LogP contribution in [0, 0.1) is 17.1 Å². The van der Waals surface area contributed by atoms with E-state index in [1.807, 2.05) is 13.0 Å². The van der Waals surface area contributed by atoms with Gasteiger partial charge in [0.05, 0.1) is 11.6 Å². The van der Waals surface area contributed by atoms with Gasteiger partial charge in [-0.2, -0.15) is 5.26 Å². The molecule has 0 saturated carbocycles. The first-order chi connectivity index (χ1) is 8.08. The van der Waals surface area contributed by atoms with E-state index in [1.54, 1.807) is 7.05 Å². The summed E-state index contributed by atoms with van der Waals surface area (Å²) in [5.41, 5.74) is 0.215. The molecule has 0 aliphatic carbocycles. The minimum absolute atomic E-state index is 0.0261. The maximum atomic E-state index is 13.4. The van der Waals surface area contributed by atoms with Gasteiger partial charge >= 0.3 is 0 Å². The zero-order valence-corrected chi connectivity index (χ0v) is 9.74. The quantitative estimate of drug-likeness (QED) is 0.797. The van der Waals surface area contributed by atoms with Crippen LogP contribution in [0.1, 0.15) is 12.5 Å². The predicted octanol–water partition coefficient (Wildman–Crippen LogP) is 1.55. The van der Waals surface area contributed by atoms with Gasteiger partial charge in [0.2, 0.25) is 0 Å². The van der Waals surface area contributed by atoms with E-state index < -0.39 is 5.82 Å². The summed E-state index contributed by atoms with van der Waals surface area (Å²) >= 11 is 0. The largest absolute Gasteiger partial charge is 0.481 e. The number of rotatable bonds is 4. The summed E-state index contributed by atoms with van der Waals surface area (Å²) in [5.74, 6) is -0.894. The minimum Gasteiger partial charge on any atom is -0.481 e. The first-order valence-corrected chi connectivity index (χ1v) is 5.15. The molecule has 5 heteroatoms. The van der Waals surface area contributed by atoms with Crippen LogP contribution < -0.4 is 4.74 Å². The molecule has 0 aliphatic rings. The van der Waals surface area contributed by atoms with E-state index >= 15 is 0 Å². The molecule has 90 valence electrons. The van der Waals surface area contributed by atoms with E-state index in [9.17, 15) is 9.18 Å². The molecule has 0 bridgehead atoms. The van der Waals surface area contributed by atoms with Crippen molar-refractivity contribution in [3.8, 4) is 11.8 Å². The number of halogens is 1. The number of hydrogen-bond donors (Lipinski definition) is 0. The Bertz CT molecular complexity index is 454. The number of benzene rings is 1. The molecule has 0 N–H and O–H groups in total. The SMILES string of the molecule is CCN(C)C(=O)COc1ccc(C#N)cc1F. The number of carbonyl (C=O) groups is 1. The van der Waals surface area contributed by atoms with Crippen LogP contribution in [0.4, 0.5) is 4.39 Å². The maximum Gasteiger partial charge on any atom is 0.260 e. The lowest BCUT2D eigenvalue weighted by Gasteiger charge is -2.14. The van der Waals surface area contributed by atoms with E-state index in [2.05, 4.69) is 0 Å². The molecule has 17 heavy (non-hydrogen) atoms. The molecule has 0 aliphatic heterocycles. The van der Waals surface area contributed by atoms with Crippen molar-refractivity contribution in [2.45, 2.75) is 6.92 Å². The Morgan fingerprint density at radius 1 is 1.59 bits per heavy atom. The topological polar surface area (TPSA) is 53.3 Å². The first-order valence-electron chi connectivity index (χ1n) is 5.15. The maximum absolute atomic E-state index is 13.4. The Labute approximate surface area is 99.2 Å². The molecule has 0 heterocycles. The normalized spacial score (nSPS) is 9.53. The highest BCUT2D eigenvalue weighted by atomic mass is 19.1. The monoisotopic (exact) mass is 236 g/mol. The Balaban J connectivity index is 2.65. The van der Waals surface area contributed by atoms with Crippen molar-refractivity contribution >= 4 is 5.91 Å². The van der Waals surface area contributed by atoms with Crippen LogP contribution in [0.25, 0.3) is 0 Å². The zero-order chi connectivity index (χ0) is 12.8. The lowest BCUT2D eigenvalue weighted by atomic mass is 10.2. The van der Waals surface area contributed by atoms with Crippen LogP contribution >= 0.6 is 0 Å². The van der Waals surface area contributed by atoms with E-state index in [4.69, 9.17) is 10.00 Å². The van der Waals surface area contributed by atoms with Crippen molar-refractivity contribution in [3.63, 3.8) is 0 Å². The Kier molecular flexibility index (Phi) is 4.46. The van der Waals surface area contributed by atoms with Gasteiger partial charge in [0.15, 0.2) is 18.2 Å². The highest BCUT2D eigenvalue weighted by Crippen LogP contribution is 2.17. The summed E-state index contributed by atoms with van der Waals surface area (Å²) in [5, 5.41) is 8.56. The fourth-order valence-corrected chi connectivity index (χ4v) is 1.11. The summed E-state index contributed by atoms with van der Waals surface area (Å²) in [7, 11) is 1.64. The van der Waals surface area contributed by atoms with Crippen LogP contribution in [0.15, 0.2) is 18.2 Å². The number of amides is 1. The predicted molar refractivity (Wildman–Crippen MR) is 59.9 cm³/mol. The molecule has 0 unspecified atom stereocenters. The zero-order valence-electron chi connectivity index (χ0n) is 9.74. The lowest BCUT2D eigenvalue weighted by Crippen LogP contribution is -2.31. The second kappa shape index (κ2) is 5.85. The lowest BCUT2D eigenvalue weighted by molar-refractivity contribution is -0.131. The van der Waals surface area contributed by atoms with Gasteiger partial charge in [-0.05, 0) is 25.1 Å². The molecule has 1 rings (SSSR count). The molecular weight excluding hydrogens is 223 g/mol. The second-order valence-corrected chi connectivity index (χ2v) is 3.45. The van der Waals surface area contributed by atoms with Crippen molar-refractivity contribution in [3.05, 3.63) is 29.6 Å². The Morgan fingerprint density at radius 2 is 2.29 bits per heavy atom. The van der Waals surface area contributed by atoms with Crippen molar-refractivity contribution in [1.82, 2.24) is 4.90 Å². The molecule has 0 fully saturated rings. The van der Waals surface area contributed by atoms with Gasteiger partial charge in [0, 0.05) is 13.6 Å². The summed E-state index contributed by atoms with van der Waals surface area (Å²) in [6.45, 7) is 2.19. The summed E-state index contributed by atoms with van der Waals surface area (Å²) in [4.78, 5) is 12.9. The standard InChI is InChI=1S/C12H13FN2O2/c1-3-15(2)12(16)8-17-11-5-4-9(7-14)6-10(11)13/h4-6H,3,8H2,1-2H3. The number of nitrogens with zero attached hydrogens (tertiary/aromatic N) is 2. The number of ether oxygens (including phenoxy) is 1. The highest BCUT2D eigenvalue weighted by Gasteiger charge is 2.10. The fourth-order valence-electron chi connectivity index (χ4n) is 1.11. The Morgan fingerprint density at radius 3 is 2.82 bits per heavy atom. The van der Waals surface area contributed by atoms with Gasteiger partial charge in [-0.15, -0.1) is 0 Å². The number of carbonyl (C=O) groups excluding carboxylic acids is 1. The molecule has 1 aromatic rings. The van der Waals surface area contributed by atoms with Crippen LogP contribution in [-0.4, -0.2) is 31.0 Å². The third-order valence-corrected chi connectivity index (χ3v) is 2.31. The van der Waals surface area contributed by atoms with E-state index in [0.29, 0.717) is 6.54 Å². The van der Waals surface area contributed by atoms with Gasteiger partial charge in [-0.25, -0.2) is 4.39 Å². The van der Waals surface area contributed by atoms with Crippen LogP contribution in [0.3, 0.4) is 0 Å². The van der Waals surface area contributed by atoms with Crippen LogP contribution in [0.2, 0.25) is 0 Å². The number of nitriles is 1. The van der Waals surface area contributed by atoms with E-state index in [1.165, 1.54) is 17.0 Å². The summed E-state index contributed by atoms with van der Waals surface area (Å²) in [6, 6.07) is 5.67. The minimum atomic E-state index is -0.643. The summed E-state index contributed by atoms with van der Waals surface area (Å²) in [6.07, 6.45) is 0. The molecule has 0 saturated heterocycles. The molecule has 1 aromatic carbocycles. The molecule has 0 atom stereocenters. The Hall–Kier alpha value is -2.09. The number of likely N-dealkylation sites (N-methyl/N-ethyl adjacent to an activating group) is 1. The van der Waals surface area contributed by atoms with Crippen molar-refractivity contribution in [2.24, 2.45) is 0 Å². The van der Waals surface area contributed by atoms with Gasteiger partial charge in [0.1, 0.15) is 0 Å². The van der Waals surface area contributed by atoms with Crippen LogP contribution in [-0.2, 0) is 4.79 Å². The van der Waals surface area contributed by atoms with Crippen molar-refractivity contribution in [1.29, 1.82) is 5.26 Å². The van der Waals surface area contributed by atoms with Gasteiger partial charge in [0.25, 0.3) is 5.91 Å². The molecule has 0 spiro atoms. The highest BCUT2D eigenvalue weighted by molar-refractivity contribution is 5.77. The molecule has 0 radical (unpaired) electrons. The number of hydrogen-bond acceptors (Lipinski definition) is 3.